The van der Waals surface area contributed by atoms with Gasteiger partial charge in [-0.2, -0.15) is 5.26 Å². The maximum absolute atomic E-state index is 8.92. The first-order valence-corrected chi connectivity index (χ1v) is 12.6. The highest BCUT2D eigenvalue weighted by Gasteiger charge is 2.20. The maximum Gasteiger partial charge on any atom is 0.159 e. The Balaban J connectivity index is 1.31. The molecule has 0 unspecified atom stereocenters. The van der Waals surface area contributed by atoms with Crippen LogP contribution in [-0.4, -0.2) is 9.97 Å². The summed E-state index contributed by atoms with van der Waals surface area (Å²) in [4.78, 5) is 9.10. The van der Waals surface area contributed by atoms with Crippen LogP contribution in [0.5, 0.6) is 0 Å². The molecule has 0 N–H and O–H groups in total. The molecule has 0 radical (unpaired) electrons. The van der Waals surface area contributed by atoms with E-state index in [0.29, 0.717) is 5.56 Å². The molecule has 1 aliphatic carbocycles. The predicted octanol–water partition coefficient (Wildman–Crippen LogP) is 7.89. The molecule has 166 valence electrons. The average molecular weight is 418 g/mol. The number of unbranched alkanes of at least 4 members (excludes halogenated alkanes) is 6. The van der Waals surface area contributed by atoms with Gasteiger partial charge >= 0.3 is 0 Å². The van der Waals surface area contributed by atoms with Gasteiger partial charge in [-0.1, -0.05) is 84.0 Å². The normalized spacial score (nSPS) is 18.6. The molecule has 1 saturated carbocycles. The van der Waals surface area contributed by atoms with Crippen LogP contribution >= 0.6 is 0 Å². The summed E-state index contributed by atoms with van der Waals surface area (Å²) in [6, 6.07) is 9.61. The van der Waals surface area contributed by atoms with Crippen molar-refractivity contribution in [3.05, 3.63) is 47.8 Å². The standard InChI is InChI=1S/C28H39N3/c1-2-3-4-5-6-7-8-9-23-10-12-24(13-11-23)14-15-26-21-30-28(31-22-26)27-18-16-25(20-29)17-19-27/h16-19,21-24H,2-15H2,1H3. The molecule has 0 amide bonds. The van der Waals surface area contributed by atoms with Crippen LogP contribution in [0.2, 0.25) is 0 Å². The van der Waals surface area contributed by atoms with Crippen molar-refractivity contribution in [2.45, 2.75) is 96.8 Å². The topological polar surface area (TPSA) is 49.6 Å². The first kappa shape index (κ1) is 23.5. The molecule has 0 aliphatic heterocycles. The van der Waals surface area contributed by atoms with Gasteiger partial charge in [0, 0.05) is 18.0 Å². The van der Waals surface area contributed by atoms with Gasteiger partial charge in [0.25, 0.3) is 0 Å². The third-order valence-corrected chi connectivity index (χ3v) is 7.00. The van der Waals surface area contributed by atoms with Gasteiger partial charge in [0.15, 0.2) is 5.82 Å². The lowest BCUT2D eigenvalue weighted by Crippen LogP contribution is -2.15. The molecule has 1 aliphatic rings. The van der Waals surface area contributed by atoms with Crippen molar-refractivity contribution < 1.29 is 0 Å². The summed E-state index contributed by atoms with van der Waals surface area (Å²) in [6.45, 7) is 2.29. The number of nitriles is 1. The first-order chi connectivity index (χ1) is 15.3. The van der Waals surface area contributed by atoms with Crippen LogP contribution in [0.3, 0.4) is 0 Å². The van der Waals surface area contributed by atoms with Gasteiger partial charge in [-0.3, -0.25) is 0 Å². The molecule has 3 rings (SSSR count). The Hall–Kier alpha value is -2.21. The highest BCUT2D eigenvalue weighted by atomic mass is 14.9. The van der Waals surface area contributed by atoms with E-state index in [0.717, 1.165) is 29.6 Å². The second-order valence-corrected chi connectivity index (χ2v) is 9.44. The molecule has 0 spiro atoms. The van der Waals surface area contributed by atoms with Crippen molar-refractivity contribution in [3.63, 3.8) is 0 Å². The molecular formula is C28H39N3. The van der Waals surface area contributed by atoms with Crippen LogP contribution in [-0.2, 0) is 6.42 Å². The van der Waals surface area contributed by atoms with E-state index in [4.69, 9.17) is 5.26 Å². The smallest absolute Gasteiger partial charge is 0.159 e. The van der Waals surface area contributed by atoms with Crippen LogP contribution in [0.4, 0.5) is 0 Å². The molecule has 2 aromatic rings. The van der Waals surface area contributed by atoms with Gasteiger partial charge in [-0.15, -0.1) is 0 Å². The van der Waals surface area contributed by atoms with Gasteiger partial charge in [0.2, 0.25) is 0 Å². The summed E-state index contributed by atoms with van der Waals surface area (Å²) >= 11 is 0. The van der Waals surface area contributed by atoms with Crippen molar-refractivity contribution in [2.75, 3.05) is 0 Å². The number of aromatic nitrogens is 2. The lowest BCUT2D eigenvalue weighted by atomic mass is 9.78. The predicted molar refractivity (Wildman–Crippen MR) is 129 cm³/mol. The molecule has 1 fully saturated rings. The SMILES string of the molecule is CCCCCCCCCC1CCC(CCc2cnc(-c3ccc(C#N)cc3)nc2)CC1. The van der Waals surface area contributed by atoms with E-state index in [9.17, 15) is 0 Å². The van der Waals surface area contributed by atoms with Crippen molar-refractivity contribution >= 4 is 0 Å². The molecule has 1 heterocycles. The van der Waals surface area contributed by atoms with E-state index in [1.165, 1.54) is 89.0 Å². The third kappa shape index (κ3) is 8.09. The van der Waals surface area contributed by atoms with Gasteiger partial charge < -0.3 is 0 Å². The van der Waals surface area contributed by atoms with Crippen molar-refractivity contribution in [3.8, 4) is 17.5 Å². The fraction of sp³-hybridized carbons (Fsp3) is 0.607. The number of aryl methyl sites for hydroxylation is 1. The number of benzene rings is 1. The van der Waals surface area contributed by atoms with Crippen molar-refractivity contribution in [1.29, 1.82) is 5.26 Å². The minimum atomic E-state index is 0.664. The zero-order chi connectivity index (χ0) is 21.7. The van der Waals surface area contributed by atoms with E-state index >= 15 is 0 Å². The van der Waals surface area contributed by atoms with Crippen molar-refractivity contribution in [1.82, 2.24) is 9.97 Å². The molecule has 0 atom stereocenters. The first-order valence-electron chi connectivity index (χ1n) is 12.6. The maximum atomic E-state index is 8.92. The second kappa shape index (κ2) is 13.3. The highest BCUT2D eigenvalue weighted by Crippen LogP contribution is 2.34. The van der Waals surface area contributed by atoms with Gasteiger partial charge in [0.05, 0.1) is 11.6 Å². The highest BCUT2D eigenvalue weighted by molar-refractivity contribution is 5.56. The third-order valence-electron chi connectivity index (χ3n) is 7.00. The molecule has 1 aromatic carbocycles. The Kier molecular flexibility index (Phi) is 10.0. The minimum absolute atomic E-state index is 0.664. The summed E-state index contributed by atoms with van der Waals surface area (Å²) in [6.07, 6.45) is 23.4. The summed E-state index contributed by atoms with van der Waals surface area (Å²) in [5.74, 6) is 2.60. The Morgan fingerprint density at radius 3 is 2.00 bits per heavy atom. The number of rotatable bonds is 12. The largest absolute Gasteiger partial charge is 0.236 e. The van der Waals surface area contributed by atoms with Gasteiger partial charge in [-0.25, -0.2) is 9.97 Å². The quantitative estimate of drug-likeness (QED) is 0.330. The molecule has 1 aromatic heterocycles. The van der Waals surface area contributed by atoms with E-state index in [1.54, 1.807) is 0 Å². The molecule has 0 saturated heterocycles. The summed E-state index contributed by atoms with van der Waals surface area (Å²) < 4.78 is 0. The van der Waals surface area contributed by atoms with Gasteiger partial charge in [0.1, 0.15) is 0 Å². The summed E-state index contributed by atoms with van der Waals surface area (Å²) in [5, 5.41) is 8.92. The molecular weight excluding hydrogens is 378 g/mol. The molecule has 0 bridgehead atoms. The van der Waals surface area contributed by atoms with Crippen LogP contribution < -0.4 is 0 Å². The van der Waals surface area contributed by atoms with E-state index < -0.39 is 0 Å². The molecule has 3 heteroatoms. The van der Waals surface area contributed by atoms with Crippen LogP contribution in [0.25, 0.3) is 11.4 Å². The van der Waals surface area contributed by atoms with Crippen LogP contribution in [0.15, 0.2) is 36.7 Å². The molecule has 31 heavy (non-hydrogen) atoms. The summed E-state index contributed by atoms with van der Waals surface area (Å²) in [7, 11) is 0. The number of hydrogen-bond acceptors (Lipinski definition) is 3. The Morgan fingerprint density at radius 1 is 0.806 bits per heavy atom. The lowest BCUT2D eigenvalue weighted by molar-refractivity contribution is 0.248. The zero-order valence-corrected chi connectivity index (χ0v) is 19.4. The number of hydrogen-bond donors (Lipinski definition) is 0. The number of nitrogens with zero attached hydrogens (tertiary/aromatic N) is 3. The second-order valence-electron chi connectivity index (χ2n) is 9.44. The fourth-order valence-electron chi connectivity index (χ4n) is 4.90. The van der Waals surface area contributed by atoms with E-state index in [1.807, 2.05) is 36.7 Å². The van der Waals surface area contributed by atoms with Crippen LogP contribution in [0, 0.1) is 23.2 Å². The van der Waals surface area contributed by atoms with Gasteiger partial charge in [-0.05, 0) is 54.5 Å². The minimum Gasteiger partial charge on any atom is -0.236 e. The zero-order valence-electron chi connectivity index (χ0n) is 19.4. The van der Waals surface area contributed by atoms with Crippen LogP contribution in [0.1, 0.15) is 102 Å². The fourth-order valence-corrected chi connectivity index (χ4v) is 4.90. The Labute approximate surface area is 189 Å². The lowest BCUT2D eigenvalue weighted by Gasteiger charge is -2.28. The van der Waals surface area contributed by atoms with E-state index in [-0.39, 0.29) is 0 Å². The summed E-state index contributed by atoms with van der Waals surface area (Å²) in [5.41, 5.74) is 2.87. The average Bonchev–Trinajstić information content (AvgIpc) is 2.83. The Bertz CT molecular complexity index is 781. The van der Waals surface area contributed by atoms with Crippen molar-refractivity contribution in [2.24, 2.45) is 11.8 Å². The molecule has 3 nitrogen and oxygen atoms in total. The monoisotopic (exact) mass is 417 g/mol. The Morgan fingerprint density at radius 2 is 1.39 bits per heavy atom. The van der Waals surface area contributed by atoms with E-state index in [2.05, 4.69) is 23.0 Å².